The second-order valence-electron chi connectivity index (χ2n) is 7.18. The van der Waals surface area contributed by atoms with Crippen molar-refractivity contribution in [2.24, 2.45) is 5.92 Å². The molecule has 1 aliphatic carbocycles. The fourth-order valence-corrected chi connectivity index (χ4v) is 5.34. The molecule has 2 aromatic rings. The van der Waals surface area contributed by atoms with Gasteiger partial charge in [0.05, 0.1) is 7.11 Å². The van der Waals surface area contributed by atoms with Gasteiger partial charge in [-0.1, -0.05) is 19.3 Å². The molecule has 0 spiro atoms. The minimum atomic E-state index is 0. The number of hydrogen-bond acceptors (Lipinski definition) is 4. The molecule has 3 nitrogen and oxygen atoms in total. The van der Waals surface area contributed by atoms with Crippen LogP contribution in [0.15, 0.2) is 23.0 Å². The van der Waals surface area contributed by atoms with E-state index in [1.54, 1.807) is 18.4 Å². The predicted octanol–water partition coefficient (Wildman–Crippen LogP) is 4.63. The molecular formula is C20H26ClNO2S. The third-order valence-corrected chi connectivity index (χ3v) is 6.83. The van der Waals surface area contributed by atoms with Crippen LogP contribution in [-0.4, -0.2) is 25.1 Å². The number of fused-ring (bicyclic) bond motifs is 2. The van der Waals surface area contributed by atoms with E-state index in [2.05, 4.69) is 4.90 Å². The third kappa shape index (κ3) is 3.86. The van der Waals surface area contributed by atoms with Crippen LogP contribution in [0.25, 0.3) is 10.1 Å². The summed E-state index contributed by atoms with van der Waals surface area (Å²) in [6.45, 7) is 3.09. The molecule has 25 heavy (non-hydrogen) atoms. The second kappa shape index (κ2) is 8.07. The number of nitrogens with zero attached hydrogens (tertiary/aromatic N) is 1. The van der Waals surface area contributed by atoms with Crippen molar-refractivity contribution in [3.8, 4) is 5.75 Å². The van der Waals surface area contributed by atoms with Gasteiger partial charge in [0.25, 0.3) is 0 Å². The summed E-state index contributed by atoms with van der Waals surface area (Å²) in [5.74, 6) is 1.60. The van der Waals surface area contributed by atoms with E-state index in [1.807, 2.05) is 18.2 Å². The van der Waals surface area contributed by atoms with Gasteiger partial charge in [-0.25, -0.2) is 0 Å². The van der Waals surface area contributed by atoms with Crippen LogP contribution in [0.1, 0.15) is 42.5 Å². The summed E-state index contributed by atoms with van der Waals surface area (Å²) in [5.41, 5.74) is 1.24. The van der Waals surface area contributed by atoms with Gasteiger partial charge in [-0.15, -0.1) is 23.7 Å². The lowest BCUT2D eigenvalue weighted by molar-refractivity contribution is 0.187. The first-order chi connectivity index (χ1) is 11.7. The van der Waals surface area contributed by atoms with Gasteiger partial charge < -0.3 is 4.74 Å². The highest BCUT2D eigenvalue weighted by molar-refractivity contribution is 7.18. The standard InChI is InChI=1S/C20H25NO2S.ClH/c1-23-15-7-8-18-16(11-15)20(22)17-13-21(10-9-19(17)24-18)12-14-5-3-2-4-6-14;/h7-8,11,14H,2-6,9-10,12-13H2,1H3;1H. The molecule has 1 saturated carbocycles. The van der Waals surface area contributed by atoms with Crippen molar-refractivity contribution in [3.63, 3.8) is 0 Å². The number of ether oxygens (including phenoxy) is 1. The Morgan fingerprint density at radius 1 is 1.24 bits per heavy atom. The van der Waals surface area contributed by atoms with Gasteiger partial charge in [-0.05, 0) is 43.4 Å². The normalized spacial score (nSPS) is 18.6. The van der Waals surface area contributed by atoms with Crippen molar-refractivity contribution in [1.29, 1.82) is 0 Å². The highest BCUT2D eigenvalue weighted by atomic mass is 35.5. The minimum absolute atomic E-state index is 0. The van der Waals surface area contributed by atoms with Crippen molar-refractivity contribution < 1.29 is 4.74 Å². The zero-order valence-corrected chi connectivity index (χ0v) is 16.4. The molecule has 1 aliphatic heterocycles. The predicted molar refractivity (Wildman–Crippen MR) is 107 cm³/mol. The average Bonchev–Trinajstić information content (AvgIpc) is 2.63. The third-order valence-electron chi connectivity index (χ3n) is 5.55. The molecule has 0 atom stereocenters. The van der Waals surface area contributed by atoms with E-state index in [9.17, 15) is 4.79 Å². The first kappa shape index (κ1) is 18.7. The van der Waals surface area contributed by atoms with Crippen molar-refractivity contribution in [1.82, 2.24) is 4.90 Å². The first-order valence-electron chi connectivity index (χ1n) is 9.09. The topological polar surface area (TPSA) is 29.5 Å². The van der Waals surface area contributed by atoms with Crippen LogP contribution in [0.5, 0.6) is 5.75 Å². The molecular weight excluding hydrogens is 354 g/mol. The Kier molecular flexibility index (Phi) is 6.03. The summed E-state index contributed by atoms with van der Waals surface area (Å²) in [5, 5.41) is 0.817. The largest absolute Gasteiger partial charge is 0.497 e. The second-order valence-corrected chi connectivity index (χ2v) is 8.32. The molecule has 0 bridgehead atoms. The summed E-state index contributed by atoms with van der Waals surface area (Å²) >= 11 is 1.79. The minimum Gasteiger partial charge on any atom is -0.497 e. The van der Waals surface area contributed by atoms with Gasteiger partial charge in [0, 0.05) is 40.2 Å². The summed E-state index contributed by atoms with van der Waals surface area (Å²) in [7, 11) is 1.65. The monoisotopic (exact) mass is 379 g/mol. The fourth-order valence-electron chi connectivity index (χ4n) is 4.20. The van der Waals surface area contributed by atoms with E-state index in [0.717, 1.165) is 46.8 Å². The molecule has 0 saturated heterocycles. The molecule has 136 valence electrons. The maximum Gasteiger partial charge on any atom is 0.192 e. The van der Waals surface area contributed by atoms with E-state index in [4.69, 9.17) is 4.74 Å². The Bertz CT molecular complexity index is 798. The van der Waals surface area contributed by atoms with Crippen molar-refractivity contribution >= 4 is 33.8 Å². The molecule has 0 radical (unpaired) electrons. The lowest BCUT2D eigenvalue weighted by Gasteiger charge is -2.32. The lowest BCUT2D eigenvalue weighted by Crippen LogP contribution is -2.37. The number of methoxy groups -OCH3 is 1. The van der Waals surface area contributed by atoms with Crippen molar-refractivity contribution in [2.75, 3.05) is 20.2 Å². The molecule has 4 rings (SSSR count). The van der Waals surface area contributed by atoms with E-state index in [1.165, 1.54) is 43.5 Å². The van der Waals surface area contributed by atoms with Crippen LogP contribution in [0.3, 0.4) is 0 Å². The number of hydrogen-bond donors (Lipinski definition) is 0. The van der Waals surface area contributed by atoms with E-state index >= 15 is 0 Å². The Morgan fingerprint density at radius 2 is 2.04 bits per heavy atom. The van der Waals surface area contributed by atoms with E-state index in [-0.39, 0.29) is 17.8 Å². The maximum atomic E-state index is 13.0. The molecule has 1 aromatic carbocycles. The van der Waals surface area contributed by atoms with Gasteiger partial charge in [0.1, 0.15) is 5.75 Å². The van der Waals surface area contributed by atoms with Gasteiger partial charge in [-0.3, -0.25) is 9.69 Å². The molecule has 1 fully saturated rings. The smallest absolute Gasteiger partial charge is 0.192 e. The van der Waals surface area contributed by atoms with Crippen LogP contribution in [0, 0.1) is 5.92 Å². The van der Waals surface area contributed by atoms with Gasteiger partial charge >= 0.3 is 0 Å². The molecule has 1 aromatic heterocycles. The summed E-state index contributed by atoms with van der Waals surface area (Å²) in [6, 6.07) is 5.87. The maximum absolute atomic E-state index is 13.0. The van der Waals surface area contributed by atoms with Crippen molar-refractivity contribution in [2.45, 2.75) is 45.1 Å². The Balaban J connectivity index is 0.00000182. The highest BCUT2D eigenvalue weighted by Gasteiger charge is 2.24. The molecule has 0 amide bonds. The zero-order valence-electron chi connectivity index (χ0n) is 14.8. The number of rotatable bonds is 3. The summed E-state index contributed by atoms with van der Waals surface area (Å²) < 4.78 is 6.38. The lowest BCUT2D eigenvalue weighted by atomic mass is 9.88. The number of benzene rings is 1. The molecule has 0 unspecified atom stereocenters. The first-order valence-corrected chi connectivity index (χ1v) is 9.91. The average molecular weight is 380 g/mol. The Labute approximate surface area is 159 Å². The molecule has 2 heterocycles. The van der Waals surface area contributed by atoms with Crippen LogP contribution in [-0.2, 0) is 13.0 Å². The molecule has 5 heteroatoms. The Hall–Kier alpha value is -1.10. The van der Waals surface area contributed by atoms with E-state index < -0.39 is 0 Å². The van der Waals surface area contributed by atoms with Crippen LogP contribution in [0.4, 0.5) is 0 Å². The van der Waals surface area contributed by atoms with Gasteiger partial charge in [-0.2, -0.15) is 0 Å². The van der Waals surface area contributed by atoms with Crippen molar-refractivity contribution in [3.05, 3.63) is 38.9 Å². The Morgan fingerprint density at radius 3 is 2.80 bits per heavy atom. The quantitative estimate of drug-likeness (QED) is 0.778. The highest BCUT2D eigenvalue weighted by Crippen LogP contribution is 2.30. The molecule has 2 aliphatic rings. The number of halogens is 1. The summed E-state index contributed by atoms with van der Waals surface area (Å²) in [6.07, 6.45) is 7.92. The fraction of sp³-hybridized carbons (Fsp3) is 0.550. The van der Waals surface area contributed by atoms with Crippen LogP contribution >= 0.6 is 23.7 Å². The SMILES string of the molecule is COc1ccc2sc3c(c(=O)c2c1)CN(CC1CCCCC1)CC3.Cl. The molecule has 0 N–H and O–H groups in total. The summed E-state index contributed by atoms with van der Waals surface area (Å²) in [4.78, 5) is 16.8. The van der Waals surface area contributed by atoms with Gasteiger partial charge in [0.15, 0.2) is 5.43 Å². The zero-order chi connectivity index (χ0) is 16.5. The van der Waals surface area contributed by atoms with Crippen LogP contribution in [0.2, 0.25) is 0 Å². The van der Waals surface area contributed by atoms with Gasteiger partial charge in [0.2, 0.25) is 0 Å². The van der Waals surface area contributed by atoms with E-state index in [0.29, 0.717) is 0 Å². The van der Waals surface area contributed by atoms with Crippen LogP contribution < -0.4 is 10.2 Å².